The second-order valence-electron chi connectivity index (χ2n) is 4.48. The molecule has 1 aromatic carbocycles. The highest BCUT2D eigenvalue weighted by atomic mass is 16.3. The number of nitrogens with one attached hydrogen (secondary N) is 1. The normalized spacial score (nSPS) is 12.7. The van der Waals surface area contributed by atoms with Crippen LogP contribution in [0.1, 0.15) is 24.2 Å². The van der Waals surface area contributed by atoms with Crippen molar-refractivity contribution in [3.05, 3.63) is 66.2 Å². The number of rotatable bonds is 4. The molecule has 1 N–H and O–H groups in total. The van der Waals surface area contributed by atoms with Gasteiger partial charge in [0.25, 0.3) is 0 Å². The summed E-state index contributed by atoms with van der Waals surface area (Å²) in [5, 5.41) is 4.60. The van der Waals surface area contributed by atoms with Crippen LogP contribution in [0.2, 0.25) is 0 Å². The maximum Gasteiger partial charge on any atom is 0.0954 e. The van der Waals surface area contributed by atoms with Crippen LogP contribution < -0.4 is 5.32 Å². The minimum atomic E-state index is 0.0772. The van der Waals surface area contributed by atoms with Crippen LogP contribution in [0.5, 0.6) is 0 Å². The van der Waals surface area contributed by atoms with Crippen molar-refractivity contribution in [2.75, 3.05) is 6.54 Å². The van der Waals surface area contributed by atoms with Gasteiger partial charge < -0.3 is 9.73 Å². The summed E-state index contributed by atoms with van der Waals surface area (Å²) in [6.07, 6.45) is 3.46. The molecule has 3 aromatic rings. The molecule has 0 aliphatic rings. The number of nitrogens with zero attached hydrogens (tertiary/aromatic N) is 1. The van der Waals surface area contributed by atoms with E-state index in [1.54, 1.807) is 12.5 Å². The van der Waals surface area contributed by atoms with E-state index in [-0.39, 0.29) is 6.04 Å². The third kappa shape index (κ3) is 2.37. The third-order valence-electron chi connectivity index (χ3n) is 3.20. The van der Waals surface area contributed by atoms with Gasteiger partial charge in [0.05, 0.1) is 29.8 Å². The first-order chi connectivity index (χ1) is 9.38. The van der Waals surface area contributed by atoms with Crippen LogP contribution in [0.4, 0.5) is 0 Å². The molecular weight excluding hydrogens is 236 g/mol. The Morgan fingerprint density at radius 2 is 2.05 bits per heavy atom. The number of hydrogen-bond acceptors (Lipinski definition) is 3. The van der Waals surface area contributed by atoms with Crippen LogP contribution in [-0.2, 0) is 0 Å². The summed E-state index contributed by atoms with van der Waals surface area (Å²) in [5.74, 6) is 0. The molecule has 0 saturated heterocycles. The van der Waals surface area contributed by atoms with E-state index in [0.29, 0.717) is 0 Å². The predicted octanol–water partition coefficient (Wildman–Crippen LogP) is 3.53. The van der Waals surface area contributed by atoms with Crippen molar-refractivity contribution >= 4 is 10.9 Å². The van der Waals surface area contributed by atoms with Gasteiger partial charge in [0.15, 0.2) is 0 Å². The fraction of sp³-hybridized carbons (Fsp3) is 0.188. The van der Waals surface area contributed by atoms with Gasteiger partial charge in [-0.1, -0.05) is 31.2 Å². The Hall–Kier alpha value is -2.13. The zero-order valence-electron chi connectivity index (χ0n) is 10.8. The van der Waals surface area contributed by atoms with Crippen LogP contribution in [0.15, 0.2) is 59.4 Å². The molecule has 0 spiro atoms. The SMILES string of the molecule is CCNC(c1ccoc1)c1ccc2ccccc2n1. The van der Waals surface area contributed by atoms with Crippen molar-refractivity contribution in [3.63, 3.8) is 0 Å². The lowest BCUT2D eigenvalue weighted by molar-refractivity contribution is 0.551. The van der Waals surface area contributed by atoms with Gasteiger partial charge in [0.1, 0.15) is 0 Å². The topological polar surface area (TPSA) is 38.1 Å². The average Bonchev–Trinajstić information content (AvgIpc) is 2.98. The fourth-order valence-corrected chi connectivity index (χ4v) is 2.28. The molecule has 3 rings (SSSR count). The smallest absolute Gasteiger partial charge is 0.0954 e. The van der Waals surface area contributed by atoms with Gasteiger partial charge in [-0.3, -0.25) is 4.98 Å². The molecule has 2 aromatic heterocycles. The molecule has 0 saturated carbocycles. The van der Waals surface area contributed by atoms with Crippen molar-refractivity contribution in [2.45, 2.75) is 13.0 Å². The highest BCUT2D eigenvalue weighted by molar-refractivity contribution is 5.78. The summed E-state index contributed by atoms with van der Waals surface area (Å²) in [6, 6.07) is 14.4. The lowest BCUT2D eigenvalue weighted by Gasteiger charge is -2.16. The number of para-hydroxylation sites is 1. The Bertz CT molecular complexity index is 661. The van der Waals surface area contributed by atoms with E-state index in [1.165, 1.54) is 0 Å². The van der Waals surface area contributed by atoms with Gasteiger partial charge in [0.2, 0.25) is 0 Å². The first-order valence-electron chi connectivity index (χ1n) is 6.49. The lowest BCUT2D eigenvalue weighted by Crippen LogP contribution is -2.22. The maximum absolute atomic E-state index is 5.18. The van der Waals surface area contributed by atoms with Crippen molar-refractivity contribution < 1.29 is 4.42 Å². The van der Waals surface area contributed by atoms with Gasteiger partial charge in [-0.25, -0.2) is 0 Å². The highest BCUT2D eigenvalue weighted by Gasteiger charge is 2.15. The van der Waals surface area contributed by atoms with E-state index >= 15 is 0 Å². The van der Waals surface area contributed by atoms with Crippen LogP contribution in [-0.4, -0.2) is 11.5 Å². The van der Waals surface area contributed by atoms with Gasteiger partial charge in [0, 0.05) is 10.9 Å². The van der Waals surface area contributed by atoms with E-state index in [1.807, 2.05) is 24.3 Å². The predicted molar refractivity (Wildman–Crippen MR) is 76.0 cm³/mol. The Kier molecular flexibility index (Phi) is 3.29. The quantitative estimate of drug-likeness (QED) is 0.772. The number of furan rings is 1. The van der Waals surface area contributed by atoms with E-state index in [2.05, 4.69) is 30.4 Å². The van der Waals surface area contributed by atoms with Gasteiger partial charge in [-0.05, 0) is 24.7 Å². The summed E-state index contributed by atoms with van der Waals surface area (Å²) >= 11 is 0. The molecule has 1 atom stereocenters. The molecule has 3 heteroatoms. The van der Waals surface area contributed by atoms with E-state index in [0.717, 1.165) is 28.7 Å². The summed E-state index contributed by atoms with van der Waals surface area (Å²) in [4.78, 5) is 4.75. The zero-order chi connectivity index (χ0) is 13.1. The second kappa shape index (κ2) is 5.24. The average molecular weight is 252 g/mol. The highest BCUT2D eigenvalue weighted by Crippen LogP contribution is 2.23. The number of pyridine rings is 1. The first-order valence-corrected chi connectivity index (χ1v) is 6.49. The Labute approximate surface area is 112 Å². The van der Waals surface area contributed by atoms with Crippen molar-refractivity contribution in [1.29, 1.82) is 0 Å². The standard InChI is InChI=1S/C16H16N2O/c1-2-17-16(13-9-10-19-11-13)15-8-7-12-5-3-4-6-14(12)18-15/h3-11,16-17H,2H2,1H3. The van der Waals surface area contributed by atoms with Crippen molar-refractivity contribution in [1.82, 2.24) is 10.3 Å². The van der Waals surface area contributed by atoms with Crippen LogP contribution in [0.25, 0.3) is 10.9 Å². The van der Waals surface area contributed by atoms with E-state index in [4.69, 9.17) is 9.40 Å². The lowest BCUT2D eigenvalue weighted by atomic mass is 10.1. The van der Waals surface area contributed by atoms with Crippen LogP contribution in [0.3, 0.4) is 0 Å². The molecule has 0 bridgehead atoms. The van der Waals surface area contributed by atoms with Gasteiger partial charge in [-0.15, -0.1) is 0 Å². The van der Waals surface area contributed by atoms with Crippen molar-refractivity contribution in [3.8, 4) is 0 Å². The molecule has 2 heterocycles. The number of benzene rings is 1. The van der Waals surface area contributed by atoms with Gasteiger partial charge >= 0.3 is 0 Å². The molecular formula is C16H16N2O. The summed E-state index contributed by atoms with van der Waals surface area (Å²) in [7, 11) is 0. The Morgan fingerprint density at radius 1 is 1.16 bits per heavy atom. The Balaban J connectivity index is 2.05. The molecule has 0 fully saturated rings. The second-order valence-corrected chi connectivity index (χ2v) is 4.48. The van der Waals surface area contributed by atoms with E-state index < -0.39 is 0 Å². The minimum absolute atomic E-state index is 0.0772. The molecule has 0 amide bonds. The van der Waals surface area contributed by atoms with Crippen LogP contribution in [0, 0.1) is 0 Å². The number of aromatic nitrogens is 1. The largest absolute Gasteiger partial charge is 0.472 e. The minimum Gasteiger partial charge on any atom is -0.472 e. The maximum atomic E-state index is 5.18. The van der Waals surface area contributed by atoms with E-state index in [9.17, 15) is 0 Å². The summed E-state index contributed by atoms with van der Waals surface area (Å²) < 4.78 is 5.18. The number of hydrogen-bond donors (Lipinski definition) is 1. The number of fused-ring (bicyclic) bond motifs is 1. The van der Waals surface area contributed by atoms with Gasteiger partial charge in [-0.2, -0.15) is 0 Å². The molecule has 19 heavy (non-hydrogen) atoms. The molecule has 3 nitrogen and oxygen atoms in total. The molecule has 0 aliphatic heterocycles. The van der Waals surface area contributed by atoms with Crippen molar-refractivity contribution in [2.24, 2.45) is 0 Å². The molecule has 1 unspecified atom stereocenters. The third-order valence-corrected chi connectivity index (χ3v) is 3.20. The monoisotopic (exact) mass is 252 g/mol. The first kappa shape index (κ1) is 11.9. The summed E-state index contributed by atoms with van der Waals surface area (Å²) in [5.41, 5.74) is 3.14. The Morgan fingerprint density at radius 3 is 2.84 bits per heavy atom. The molecule has 96 valence electrons. The zero-order valence-corrected chi connectivity index (χ0v) is 10.8. The van der Waals surface area contributed by atoms with Crippen LogP contribution >= 0.6 is 0 Å². The molecule has 0 radical (unpaired) electrons. The molecule has 0 aliphatic carbocycles. The summed E-state index contributed by atoms with van der Waals surface area (Å²) in [6.45, 7) is 2.97. The fourth-order valence-electron chi connectivity index (χ4n) is 2.28.